The van der Waals surface area contributed by atoms with Crippen LogP contribution in [0, 0.1) is 0 Å². The van der Waals surface area contributed by atoms with E-state index in [1.165, 1.54) is 17.5 Å². The van der Waals surface area contributed by atoms with Crippen LogP contribution in [0.4, 0.5) is 0 Å². The van der Waals surface area contributed by atoms with Crippen molar-refractivity contribution in [3.05, 3.63) is 35.1 Å². The van der Waals surface area contributed by atoms with Crippen LogP contribution in [0.5, 0.6) is 0 Å². The molecule has 122 valence electrons. The molecule has 2 heterocycles. The molecule has 4 heteroatoms. The lowest BCUT2D eigenvalue weighted by molar-refractivity contribution is -0.142. The van der Waals surface area contributed by atoms with Gasteiger partial charge in [-0.15, -0.1) is 0 Å². The van der Waals surface area contributed by atoms with Gasteiger partial charge in [0.1, 0.15) is 5.58 Å². The van der Waals surface area contributed by atoms with Gasteiger partial charge in [-0.2, -0.15) is 0 Å². The normalized spacial score (nSPS) is 24.2. The van der Waals surface area contributed by atoms with Gasteiger partial charge in [0.15, 0.2) is 0 Å². The van der Waals surface area contributed by atoms with Crippen molar-refractivity contribution in [2.45, 2.75) is 51.7 Å². The van der Waals surface area contributed by atoms with Gasteiger partial charge in [0.2, 0.25) is 5.91 Å². The molecule has 4 rings (SSSR count). The van der Waals surface area contributed by atoms with Crippen LogP contribution in [0.2, 0.25) is 0 Å². The van der Waals surface area contributed by atoms with E-state index in [-0.39, 0.29) is 18.1 Å². The Kier molecular flexibility index (Phi) is 3.64. The molecule has 0 spiro atoms. The maximum absolute atomic E-state index is 12.7. The van der Waals surface area contributed by atoms with Crippen molar-refractivity contribution in [3.8, 4) is 0 Å². The summed E-state index contributed by atoms with van der Waals surface area (Å²) >= 11 is 0. The number of amides is 1. The third-order valence-electron chi connectivity index (χ3n) is 5.14. The minimum absolute atomic E-state index is 0.111. The Bertz CT molecular complexity index is 748. The van der Waals surface area contributed by atoms with E-state index in [0.717, 1.165) is 29.4 Å². The van der Waals surface area contributed by atoms with E-state index in [1.807, 2.05) is 18.7 Å². The first-order chi connectivity index (χ1) is 11.1. The summed E-state index contributed by atoms with van der Waals surface area (Å²) in [7, 11) is 0. The molecular formula is C19H23NO3. The molecule has 0 bridgehead atoms. The van der Waals surface area contributed by atoms with E-state index in [9.17, 15) is 4.79 Å². The molecule has 0 radical (unpaired) electrons. The van der Waals surface area contributed by atoms with Gasteiger partial charge in [0.25, 0.3) is 0 Å². The van der Waals surface area contributed by atoms with Gasteiger partial charge in [-0.1, -0.05) is 0 Å². The molecule has 1 aliphatic heterocycles. The maximum Gasteiger partial charge on any atom is 0.227 e. The lowest BCUT2D eigenvalue weighted by Crippen LogP contribution is -2.50. The van der Waals surface area contributed by atoms with Crippen molar-refractivity contribution in [3.63, 3.8) is 0 Å². The van der Waals surface area contributed by atoms with Crippen molar-refractivity contribution >= 4 is 16.9 Å². The van der Waals surface area contributed by atoms with E-state index in [2.05, 4.69) is 12.1 Å². The lowest BCUT2D eigenvalue weighted by atomic mass is 10.0. The molecule has 2 aromatic rings. The van der Waals surface area contributed by atoms with E-state index < -0.39 is 0 Å². The summed E-state index contributed by atoms with van der Waals surface area (Å²) in [4.78, 5) is 14.7. The van der Waals surface area contributed by atoms with Gasteiger partial charge in [0, 0.05) is 17.5 Å². The molecule has 1 saturated heterocycles. The summed E-state index contributed by atoms with van der Waals surface area (Å²) in [6.07, 6.45) is 5.78. The number of rotatable bonds is 2. The third-order valence-corrected chi connectivity index (χ3v) is 5.14. The first-order valence-corrected chi connectivity index (χ1v) is 8.55. The zero-order chi connectivity index (χ0) is 16.0. The Morgan fingerprint density at radius 1 is 1.26 bits per heavy atom. The number of ether oxygens (including phenoxy) is 1. The maximum atomic E-state index is 12.7. The summed E-state index contributed by atoms with van der Waals surface area (Å²) in [5.74, 6) is 0.163. The van der Waals surface area contributed by atoms with Crippen LogP contribution < -0.4 is 0 Å². The molecule has 4 nitrogen and oxygen atoms in total. The van der Waals surface area contributed by atoms with Crippen LogP contribution in [0.1, 0.15) is 37.0 Å². The molecular weight excluding hydrogens is 290 g/mol. The highest BCUT2D eigenvalue weighted by molar-refractivity contribution is 5.88. The number of hydrogen-bond donors (Lipinski definition) is 0. The molecule has 23 heavy (non-hydrogen) atoms. The molecule has 1 aliphatic carbocycles. The highest BCUT2D eigenvalue weighted by atomic mass is 16.5. The molecule has 0 N–H and O–H groups in total. The summed E-state index contributed by atoms with van der Waals surface area (Å²) in [6.45, 7) is 5.35. The highest BCUT2D eigenvalue weighted by Crippen LogP contribution is 2.31. The van der Waals surface area contributed by atoms with Crippen LogP contribution >= 0.6 is 0 Å². The van der Waals surface area contributed by atoms with E-state index in [1.54, 1.807) is 6.26 Å². The summed E-state index contributed by atoms with van der Waals surface area (Å²) in [5.41, 5.74) is 4.74. The second-order valence-electron chi connectivity index (χ2n) is 6.95. The summed E-state index contributed by atoms with van der Waals surface area (Å²) < 4.78 is 11.3. The molecule has 2 atom stereocenters. The fraction of sp³-hybridized carbons (Fsp3) is 0.526. The fourth-order valence-corrected chi connectivity index (χ4v) is 3.80. The smallest absolute Gasteiger partial charge is 0.227 e. The molecule has 2 unspecified atom stereocenters. The van der Waals surface area contributed by atoms with Crippen LogP contribution in [0.25, 0.3) is 11.0 Å². The number of morpholine rings is 1. The Labute approximate surface area is 136 Å². The van der Waals surface area contributed by atoms with E-state index >= 15 is 0 Å². The van der Waals surface area contributed by atoms with Crippen molar-refractivity contribution < 1.29 is 13.9 Å². The Balaban J connectivity index is 1.59. The first kappa shape index (κ1) is 14.8. The molecule has 1 aromatic heterocycles. The van der Waals surface area contributed by atoms with Crippen molar-refractivity contribution in [1.82, 2.24) is 4.90 Å². The first-order valence-electron chi connectivity index (χ1n) is 8.55. The van der Waals surface area contributed by atoms with Crippen molar-refractivity contribution in [2.24, 2.45) is 0 Å². The number of furan rings is 1. The topological polar surface area (TPSA) is 42.7 Å². The van der Waals surface area contributed by atoms with Crippen LogP contribution in [-0.4, -0.2) is 36.1 Å². The fourth-order valence-electron chi connectivity index (χ4n) is 3.80. The zero-order valence-electron chi connectivity index (χ0n) is 13.8. The quantitative estimate of drug-likeness (QED) is 0.855. The SMILES string of the molecule is CC1CN(C(=O)Cc2coc3cc4c(cc23)CCC4)C(C)CO1. The van der Waals surface area contributed by atoms with Gasteiger partial charge in [-0.3, -0.25) is 4.79 Å². The van der Waals surface area contributed by atoms with Crippen molar-refractivity contribution in [1.29, 1.82) is 0 Å². The van der Waals surface area contributed by atoms with Gasteiger partial charge in [-0.25, -0.2) is 0 Å². The molecule has 0 saturated carbocycles. The van der Waals surface area contributed by atoms with E-state index in [0.29, 0.717) is 19.6 Å². The third kappa shape index (κ3) is 2.65. The van der Waals surface area contributed by atoms with Gasteiger partial charge < -0.3 is 14.1 Å². The van der Waals surface area contributed by atoms with Crippen molar-refractivity contribution in [2.75, 3.05) is 13.2 Å². The van der Waals surface area contributed by atoms with Gasteiger partial charge >= 0.3 is 0 Å². The summed E-state index contributed by atoms with van der Waals surface area (Å²) in [6, 6.07) is 4.53. The Hall–Kier alpha value is -1.81. The molecule has 1 aromatic carbocycles. The largest absolute Gasteiger partial charge is 0.464 e. The molecule has 2 aliphatic rings. The zero-order valence-corrected chi connectivity index (χ0v) is 13.8. The van der Waals surface area contributed by atoms with E-state index in [4.69, 9.17) is 9.15 Å². The number of nitrogens with zero attached hydrogens (tertiary/aromatic N) is 1. The minimum Gasteiger partial charge on any atom is -0.464 e. The minimum atomic E-state index is 0.111. The van der Waals surface area contributed by atoms with Crippen LogP contribution in [-0.2, 0) is 28.8 Å². The Morgan fingerprint density at radius 2 is 2.04 bits per heavy atom. The number of hydrogen-bond acceptors (Lipinski definition) is 3. The predicted molar refractivity (Wildman–Crippen MR) is 88.5 cm³/mol. The monoisotopic (exact) mass is 313 g/mol. The van der Waals surface area contributed by atoms with Gasteiger partial charge in [-0.05, 0) is 56.4 Å². The van der Waals surface area contributed by atoms with Crippen LogP contribution in [0.15, 0.2) is 22.8 Å². The summed E-state index contributed by atoms with van der Waals surface area (Å²) in [5, 5.41) is 1.10. The highest BCUT2D eigenvalue weighted by Gasteiger charge is 2.28. The predicted octanol–water partition coefficient (Wildman–Crippen LogP) is 3.10. The van der Waals surface area contributed by atoms with Gasteiger partial charge in [0.05, 0.1) is 31.4 Å². The lowest BCUT2D eigenvalue weighted by Gasteiger charge is -2.36. The number of benzene rings is 1. The number of carbonyl (C=O) groups is 1. The Morgan fingerprint density at radius 3 is 2.87 bits per heavy atom. The molecule has 1 amide bonds. The van der Waals surface area contributed by atoms with Crippen LogP contribution in [0.3, 0.4) is 0 Å². The average Bonchev–Trinajstić information content (AvgIpc) is 3.14. The second kappa shape index (κ2) is 5.68. The number of aryl methyl sites for hydroxylation is 2. The molecule has 1 fully saturated rings. The number of carbonyl (C=O) groups excluding carboxylic acids is 1. The standard InChI is InChI=1S/C19H23NO3/c1-12-10-22-13(2)9-20(12)19(21)8-16-11-23-18-7-15-5-3-4-14(15)6-17(16)18/h6-7,11-13H,3-5,8-10H2,1-2H3. The average molecular weight is 313 g/mol. The second-order valence-corrected chi connectivity index (χ2v) is 6.95. The number of fused-ring (bicyclic) bond motifs is 2.